The van der Waals surface area contributed by atoms with Crippen molar-refractivity contribution in [1.29, 1.82) is 0 Å². The van der Waals surface area contributed by atoms with Crippen molar-refractivity contribution < 1.29 is 9.53 Å². The summed E-state index contributed by atoms with van der Waals surface area (Å²) < 4.78 is 7.00. The summed E-state index contributed by atoms with van der Waals surface area (Å²) in [4.78, 5) is 34.3. The number of amides is 1. The molecule has 6 nitrogen and oxygen atoms in total. The average Bonchev–Trinajstić information content (AvgIpc) is 3.05. The normalized spacial score (nSPS) is 11.1. The fourth-order valence-electron chi connectivity index (χ4n) is 3.30. The van der Waals surface area contributed by atoms with E-state index in [4.69, 9.17) is 9.72 Å². The summed E-state index contributed by atoms with van der Waals surface area (Å²) in [6, 6.07) is 7.69. The highest BCUT2D eigenvalue weighted by Gasteiger charge is 2.18. The Labute approximate surface area is 191 Å². The van der Waals surface area contributed by atoms with Gasteiger partial charge in [-0.25, -0.2) is 4.98 Å². The van der Waals surface area contributed by atoms with E-state index < -0.39 is 0 Å². The molecule has 1 aromatic carbocycles. The van der Waals surface area contributed by atoms with Gasteiger partial charge in [-0.05, 0) is 43.5 Å². The fourth-order valence-corrected chi connectivity index (χ4v) is 5.34. The van der Waals surface area contributed by atoms with Crippen molar-refractivity contribution in [3.8, 4) is 5.75 Å². The summed E-state index contributed by atoms with van der Waals surface area (Å²) in [5.41, 5.74) is 2.01. The molecule has 0 aliphatic rings. The number of methoxy groups -OCH3 is 1. The molecular weight excluding hydrogens is 430 g/mol. The van der Waals surface area contributed by atoms with Gasteiger partial charge in [-0.15, -0.1) is 11.3 Å². The first-order valence-corrected chi connectivity index (χ1v) is 12.2. The van der Waals surface area contributed by atoms with Gasteiger partial charge < -0.3 is 9.64 Å². The van der Waals surface area contributed by atoms with Crippen LogP contribution in [-0.4, -0.2) is 40.3 Å². The van der Waals surface area contributed by atoms with Gasteiger partial charge >= 0.3 is 0 Å². The predicted octanol–water partition coefficient (Wildman–Crippen LogP) is 4.63. The van der Waals surface area contributed by atoms with Gasteiger partial charge in [0.05, 0.1) is 18.2 Å². The molecule has 1 amide bonds. The molecule has 0 aliphatic carbocycles. The van der Waals surface area contributed by atoms with Gasteiger partial charge in [0.1, 0.15) is 10.6 Å². The second kappa shape index (κ2) is 10.3. The van der Waals surface area contributed by atoms with E-state index in [1.165, 1.54) is 11.8 Å². The summed E-state index contributed by atoms with van der Waals surface area (Å²) in [5, 5.41) is 1.33. The number of carbonyl (C=O) groups excluding carboxylic acids is 1. The van der Waals surface area contributed by atoms with Gasteiger partial charge in [0.25, 0.3) is 5.56 Å². The molecule has 0 spiro atoms. The minimum absolute atomic E-state index is 0.0000147. The van der Waals surface area contributed by atoms with Crippen LogP contribution < -0.4 is 10.3 Å². The number of rotatable bonds is 9. The summed E-state index contributed by atoms with van der Waals surface area (Å²) in [6.07, 6.45) is 1.88. The van der Waals surface area contributed by atoms with Crippen LogP contribution in [0.25, 0.3) is 10.2 Å². The van der Waals surface area contributed by atoms with Crippen LogP contribution in [0.4, 0.5) is 0 Å². The highest BCUT2D eigenvalue weighted by molar-refractivity contribution is 7.99. The van der Waals surface area contributed by atoms with Crippen LogP contribution in [0.2, 0.25) is 0 Å². The first kappa shape index (κ1) is 23.3. The van der Waals surface area contributed by atoms with Gasteiger partial charge in [-0.2, -0.15) is 0 Å². The highest BCUT2D eigenvalue weighted by Crippen LogP contribution is 2.28. The van der Waals surface area contributed by atoms with Crippen molar-refractivity contribution in [1.82, 2.24) is 14.5 Å². The van der Waals surface area contributed by atoms with Crippen LogP contribution in [0.1, 0.15) is 35.8 Å². The maximum Gasteiger partial charge on any atom is 0.263 e. The van der Waals surface area contributed by atoms with E-state index in [0.29, 0.717) is 23.6 Å². The first-order valence-electron chi connectivity index (χ1n) is 10.4. The number of thioether (sulfide) groups is 1. The molecule has 0 unspecified atom stereocenters. The van der Waals surface area contributed by atoms with Gasteiger partial charge in [0, 0.05) is 25.0 Å². The third-order valence-corrected chi connectivity index (χ3v) is 7.36. The van der Waals surface area contributed by atoms with Gasteiger partial charge in [-0.3, -0.25) is 14.2 Å². The lowest BCUT2D eigenvalue weighted by Gasteiger charge is -2.18. The van der Waals surface area contributed by atoms with Crippen LogP contribution in [-0.2, 0) is 17.9 Å². The molecule has 0 saturated heterocycles. The SMILES string of the molecule is CCCCn1c(SCC(=O)N(C)Cc2cccc(OC)c2)nc2sc(C)c(C)c2c1=O. The Morgan fingerprint density at radius 1 is 1.32 bits per heavy atom. The van der Waals surface area contributed by atoms with Crippen molar-refractivity contribution in [2.75, 3.05) is 19.9 Å². The van der Waals surface area contributed by atoms with E-state index in [1.54, 1.807) is 35.0 Å². The molecule has 3 aromatic rings. The number of ether oxygens (including phenoxy) is 1. The molecule has 0 N–H and O–H groups in total. The number of aryl methyl sites for hydroxylation is 2. The standard InChI is InChI=1S/C23H29N3O3S2/c1-6-7-11-26-22(28)20-15(2)16(3)31-21(20)24-23(26)30-14-19(27)25(4)13-17-9-8-10-18(12-17)29-5/h8-10,12H,6-7,11,13-14H2,1-5H3. The molecule has 0 fully saturated rings. The molecule has 2 heterocycles. The van der Waals surface area contributed by atoms with Crippen LogP contribution in [0.3, 0.4) is 0 Å². The molecule has 0 atom stereocenters. The molecule has 166 valence electrons. The Balaban J connectivity index is 1.78. The molecule has 0 saturated carbocycles. The van der Waals surface area contributed by atoms with Crippen molar-refractivity contribution >= 4 is 39.2 Å². The number of hydrogen-bond acceptors (Lipinski definition) is 6. The number of benzene rings is 1. The molecular formula is C23H29N3O3S2. The fraction of sp³-hybridized carbons (Fsp3) is 0.435. The molecule has 2 aromatic heterocycles. The number of fused-ring (bicyclic) bond motifs is 1. The van der Waals surface area contributed by atoms with Crippen molar-refractivity contribution in [3.05, 3.63) is 50.6 Å². The maximum atomic E-state index is 13.2. The van der Waals surface area contributed by atoms with Crippen LogP contribution in [0, 0.1) is 13.8 Å². The molecule has 31 heavy (non-hydrogen) atoms. The molecule has 8 heteroatoms. The Morgan fingerprint density at radius 2 is 2.10 bits per heavy atom. The molecule has 0 radical (unpaired) electrons. The van der Waals surface area contributed by atoms with E-state index in [0.717, 1.165) is 39.4 Å². The van der Waals surface area contributed by atoms with Crippen LogP contribution in [0.5, 0.6) is 5.75 Å². The molecule has 3 rings (SSSR count). The summed E-state index contributed by atoms with van der Waals surface area (Å²) >= 11 is 2.88. The zero-order valence-corrected chi connectivity index (χ0v) is 20.4. The number of unbranched alkanes of at least 4 members (excludes halogenated alkanes) is 1. The Hall–Kier alpha value is -2.32. The summed E-state index contributed by atoms with van der Waals surface area (Å²) in [6.45, 7) is 7.20. The Kier molecular flexibility index (Phi) is 7.78. The molecule has 0 bridgehead atoms. The smallest absolute Gasteiger partial charge is 0.263 e. The van der Waals surface area contributed by atoms with Gasteiger partial charge in [-0.1, -0.05) is 37.2 Å². The van der Waals surface area contributed by atoms with Crippen LogP contribution in [0.15, 0.2) is 34.2 Å². The topological polar surface area (TPSA) is 64.4 Å². The Bertz CT molecular complexity index is 1140. The van der Waals surface area contributed by atoms with Crippen molar-refractivity contribution in [3.63, 3.8) is 0 Å². The number of carbonyl (C=O) groups is 1. The third kappa shape index (κ3) is 5.30. The van der Waals surface area contributed by atoms with Gasteiger partial charge in [0.15, 0.2) is 5.16 Å². The number of aromatic nitrogens is 2. The van der Waals surface area contributed by atoms with Crippen LogP contribution >= 0.6 is 23.1 Å². The van der Waals surface area contributed by atoms with Gasteiger partial charge in [0.2, 0.25) is 5.91 Å². The zero-order chi connectivity index (χ0) is 22.5. The second-order valence-corrected chi connectivity index (χ2v) is 9.70. The quantitative estimate of drug-likeness (QED) is 0.345. The van der Waals surface area contributed by atoms with Crippen molar-refractivity contribution in [2.24, 2.45) is 0 Å². The lowest BCUT2D eigenvalue weighted by atomic mass is 10.2. The second-order valence-electron chi connectivity index (χ2n) is 7.56. The summed E-state index contributed by atoms with van der Waals surface area (Å²) in [7, 11) is 3.41. The average molecular weight is 460 g/mol. The van der Waals surface area contributed by atoms with E-state index in [1.807, 2.05) is 38.1 Å². The first-order chi connectivity index (χ1) is 14.8. The monoisotopic (exact) mass is 459 g/mol. The zero-order valence-electron chi connectivity index (χ0n) is 18.7. The predicted molar refractivity (Wildman–Crippen MR) is 128 cm³/mol. The lowest BCUT2D eigenvalue weighted by molar-refractivity contribution is -0.127. The maximum absolute atomic E-state index is 13.2. The Morgan fingerprint density at radius 3 is 2.81 bits per heavy atom. The minimum Gasteiger partial charge on any atom is -0.497 e. The van der Waals surface area contributed by atoms with E-state index in [2.05, 4.69) is 6.92 Å². The molecule has 0 aliphatic heterocycles. The number of nitrogens with zero attached hydrogens (tertiary/aromatic N) is 3. The number of thiophene rings is 1. The third-order valence-electron chi connectivity index (χ3n) is 5.29. The lowest BCUT2D eigenvalue weighted by Crippen LogP contribution is -2.29. The van der Waals surface area contributed by atoms with E-state index in [9.17, 15) is 9.59 Å². The van der Waals surface area contributed by atoms with E-state index >= 15 is 0 Å². The minimum atomic E-state index is -0.0113. The summed E-state index contributed by atoms with van der Waals surface area (Å²) in [5.74, 6) is 0.989. The van der Waals surface area contributed by atoms with Crippen molar-refractivity contribution in [2.45, 2.75) is 51.9 Å². The van der Waals surface area contributed by atoms with E-state index in [-0.39, 0.29) is 17.2 Å². The highest BCUT2D eigenvalue weighted by atomic mass is 32.2. The largest absolute Gasteiger partial charge is 0.497 e. The number of hydrogen-bond donors (Lipinski definition) is 0.